The predicted molar refractivity (Wildman–Crippen MR) is 283 cm³/mol. The number of benzene rings is 10. The molecule has 0 radical (unpaired) electrons. The van der Waals surface area contributed by atoms with Crippen LogP contribution in [-0.4, -0.2) is 19.1 Å². The van der Waals surface area contributed by atoms with Crippen molar-refractivity contribution in [1.29, 1.82) is 0 Å². The number of hydrogen-bond donors (Lipinski definition) is 0. The average molecular weight is 871 g/mol. The fourth-order valence-electron chi connectivity index (χ4n) is 10.4. The molecule has 4 aromatic heterocycles. The quantitative estimate of drug-likeness (QED) is 0.167. The van der Waals surface area contributed by atoms with Gasteiger partial charge in [-0.15, -0.1) is 11.3 Å². The number of aromatic nitrogens is 4. The molecule has 14 aromatic rings. The van der Waals surface area contributed by atoms with Gasteiger partial charge in [-0.2, -0.15) is 0 Å². The van der Waals surface area contributed by atoms with Crippen molar-refractivity contribution in [3.8, 4) is 55.6 Å². The first kappa shape index (κ1) is 37.7. The Morgan fingerprint density at radius 1 is 0.343 bits per heavy atom. The van der Waals surface area contributed by atoms with E-state index in [-0.39, 0.29) is 0 Å². The van der Waals surface area contributed by atoms with Crippen molar-refractivity contribution in [2.45, 2.75) is 0 Å². The molecule has 4 nitrogen and oxygen atoms in total. The molecule has 4 heterocycles. The maximum absolute atomic E-state index is 5.60. The summed E-state index contributed by atoms with van der Waals surface area (Å²) in [4.78, 5) is 12.2. The van der Waals surface area contributed by atoms with Gasteiger partial charge in [0, 0.05) is 37.7 Å². The first-order valence-corrected chi connectivity index (χ1v) is 23.5. The average Bonchev–Trinajstić information content (AvgIpc) is 4.08. The maximum atomic E-state index is 5.60. The van der Waals surface area contributed by atoms with Gasteiger partial charge in [-0.05, 0) is 104 Å². The molecule has 0 unspecified atom stereocenters. The largest absolute Gasteiger partial charge is 0.309 e. The van der Waals surface area contributed by atoms with Crippen molar-refractivity contribution >= 4 is 86.7 Å². The number of nitrogens with zero attached hydrogens (tertiary/aromatic N) is 4. The van der Waals surface area contributed by atoms with Gasteiger partial charge in [0.05, 0.1) is 38.0 Å². The van der Waals surface area contributed by atoms with Crippen LogP contribution in [0.4, 0.5) is 0 Å². The Bertz CT molecular complexity index is 4250. The van der Waals surface area contributed by atoms with Crippen molar-refractivity contribution in [2.75, 3.05) is 0 Å². The van der Waals surface area contributed by atoms with E-state index in [1.807, 2.05) is 0 Å². The van der Waals surface area contributed by atoms with Crippen molar-refractivity contribution in [2.24, 2.45) is 0 Å². The molecule has 0 N–H and O–H groups in total. The monoisotopic (exact) mass is 870 g/mol. The first-order chi connectivity index (χ1) is 33.2. The minimum atomic E-state index is 0.647. The van der Waals surface area contributed by atoms with Gasteiger partial charge < -0.3 is 4.57 Å². The highest BCUT2D eigenvalue weighted by Gasteiger charge is 2.22. The molecule has 312 valence electrons. The van der Waals surface area contributed by atoms with Crippen LogP contribution in [-0.2, 0) is 0 Å². The van der Waals surface area contributed by atoms with Crippen LogP contribution in [0.25, 0.3) is 131 Å². The minimum Gasteiger partial charge on any atom is -0.309 e. The highest BCUT2D eigenvalue weighted by Crippen LogP contribution is 2.44. The van der Waals surface area contributed by atoms with E-state index < -0.39 is 0 Å². The van der Waals surface area contributed by atoms with Crippen LogP contribution >= 0.6 is 11.3 Å². The number of hydrogen-bond acceptors (Lipinski definition) is 3. The fraction of sp³-hybridized carbons (Fsp3) is 0. The molecule has 0 saturated carbocycles. The Morgan fingerprint density at radius 3 is 1.79 bits per heavy atom. The second kappa shape index (κ2) is 15.0. The molecule has 0 saturated heterocycles. The zero-order valence-electron chi connectivity index (χ0n) is 36.1. The summed E-state index contributed by atoms with van der Waals surface area (Å²) in [6.07, 6.45) is 0. The number of thiophene rings is 1. The molecular weight excluding hydrogens is 833 g/mol. The molecule has 67 heavy (non-hydrogen) atoms. The minimum absolute atomic E-state index is 0.647. The fourth-order valence-corrected chi connectivity index (χ4v) is 11.6. The molecule has 0 aliphatic heterocycles. The van der Waals surface area contributed by atoms with Gasteiger partial charge in [0.25, 0.3) is 0 Å². The topological polar surface area (TPSA) is 35.6 Å². The van der Waals surface area contributed by atoms with Gasteiger partial charge in [0.15, 0.2) is 0 Å². The van der Waals surface area contributed by atoms with Crippen LogP contribution in [0.3, 0.4) is 0 Å². The summed E-state index contributed by atoms with van der Waals surface area (Å²) < 4.78 is 5.74. The summed E-state index contributed by atoms with van der Waals surface area (Å²) in [5, 5.41) is 9.63. The third kappa shape index (κ3) is 5.99. The lowest BCUT2D eigenvalue weighted by Crippen LogP contribution is -2.02. The summed E-state index contributed by atoms with van der Waals surface area (Å²) in [6.45, 7) is 0. The lowest BCUT2D eigenvalue weighted by Gasteiger charge is -2.12. The highest BCUT2D eigenvalue weighted by molar-refractivity contribution is 7.22. The van der Waals surface area contributed by atoms with E-state index in [1.165, 1.54) is 65.6 Å². The molecule has 0 fully saturated rings. The smallest absolute Gasteiger partial charge is 0.235 e. The van der Waals surface area contributed by atoms with E-state index in [4.69, 9.17) is 9.97 Å². The molecule has 0 aliphatic rings. The Kier molecular flexibility index (Phi) is 8.42. The van der Waals surface area contributed by atoms with Crippen LogP contribution in [0.2, 0.25) is 0 Å². The summed E-state index contributed by atoms with van der Waals surface area (Å²) in [6, 6.07) is 83.3. The van der Waals surface area contributed by atoms with E-state index in [1.54, 1.807) is 11.3 Å². The number of para-hydroxylation sites is 2. The van der Waals surface area contributed by atoms with Crippen LogP contribution in [0, 0.1) is 0 Å². The maximum Gasteiger partial charge on any atom is 0.235 e. The second-order valence-corrected chi connectivity index (χ2v) is 18.4. The molecule has 0 aliphatic carbocycles. The number of rotatable bonds is 6. The van der Waals surface area contributed by atoms with E-state index in [0.29, 0.717) is 5.95 Å². The van der Waals surface area contributed by atoms with E-state index >= 15 is 0 Å². The lowest BCUT2D eigenvalue weighted by molar-refractivity contribution is 1.02. The van der Waals surface area contributed by atoms with Crippen molar-refractivity contribution in [1.82, 2.24) is 19.1 Å². The Morgan fingerprint density at radius 2 is 0.955 bits per heavy atom. The summed E-state index contributed by atoms with van der Waals surface area (Å²) in [5.74, 6) is 0.647. The number of fused-ring (bicyclic) bond motifs is 9. The van der Waals surface area contributed by atoms with E-state index in [0.717, 1.165) is 59.4 Å². The van der Waals surface area contributed by atoms with Gasteiger partial charge in [0.1, 0.15) is 0 Å². The normalized spacial score (nSPS) is 11.9. The molecule has 5 heteroatoms. The molecule has 14 rings (SSSR count). The molecule has 0 bridgehead atoms. The van der Waals surface area contributed by atoms with Crippen LogP contribution in [0.5, 0.6) is 0 Å². The van der Waals surface area contributed by atoms with Gasteiger partial charge in [0.2, 0.25) is 5.95 Å². The summed E-state index contributed by atoms with van der Waals surface area (Å²) in [7, 11) is 0. The summed E-state index contributed by atoms with van der Waals surface area (Å²) in [5.41, 5.74) is 14.5. The Hall–Kier alpha value is -8.64. The van der Waals surface area contributed by atoms with Crippen LogP contribution < -0.4 is 0 Å². The van der Waals surface area contributed by atoms with Gasteiger partial charge >= 0.3 is 0 Å². The third-order valence-corrected chi connectivity index (χ3v) is 14.7. The third-order valence-electron chi connectivity index (χ3n) is 13.5. The van der Waals surface area contributed by atoms with E-state index in [2.05, 4.69) is 240 Å². The van der Waals surface area contributed by atoms with Crippen molar-refractivity contribution in [3.63, 3.8) is 0 Å². The SMILES string of the molecule is c1ccc(-c2cc3nc(-n4c5ccc(-c6cccc7c6c6ccccc6n7-c6ccccc6)cc5c5cc6ccccc6cc54)nc(-c4ccc(-c5cccc6ccccc56)cc4)c3s2)cc1. The van der Waals surface area contributed by atoms with Crippen LogP contribution in [0.15, 0.2) is 231 Å². The molecule has 0 amide bonds. The predicted octanol–water partition coefficient (Wildman–Crippen LogP) is 16.9. The van der Waals surface area contributed by atoms with Crippen molar-refractivity contribution in [3.05, 3.63) is 231 Å². The summed E-state index contributed by atoms with van der Waals surface area (Å²) >= 11 is 1.75. The van der Waals surface area contributed by atoms with Gasteiger partial charge in [-0.1, -0.05) is 176 Å². The lowest BCUT2D eigenvalue weighted by atomic mass is 9.97. The zero-order chi connectivity index (χ0) is 44.0. The molecule has 0 spiro atoms. The standard InChI is InChI=1S/C62H38N4S/c1-3-16-41(17-4-1)58-38-53-61(67-58)60(42-31-29-40(30-32-42)48-25-13-20-39-15-9-10-23-47(39)48)64-62(63-53)66-55-34-33-45(36-51(55)52-35-43-18-7-8-19-44(43)37-57(52)66)49-26-14-28-56-59(49)50-24-11-12-27-54(50)65(56)46-21-5-2-6-22-46/h1-38H. The van der Waals surface area contributed by atoms with Crippen molar-refractivity contribution < 1.29 is 0 Å². The molecule has 0 atom stereocenters. The molecular formula is C62H38N4S. The zero-order valence-corrected chi connectivity index (χ0v) is 37.0. The van der Waals surface area contributed by atoms with Gasteiger partial charge in [-0.3, -0.25) is 4.57 Å². The highest BCUT2D eigenvalue weighted by atomic mass is 32.1. The first-order valence-electron chi connectivity index (χ1n) is 22.7. The second-order valence-electron chi connectivity index (χ2n) is 17.3. The molecule has 10 aromatic carbocycles. The van der Waals surface area contributed by atoms with E-state index in [9.17, 15) is 0 Å². The van der Waals surface area contributed by atoms with Crippen LogP contribution in [0.1, 0.15) is 0 Å². The Labute approximate surface area is 389 Å². The van der Waals surface area contributed by atoms with Gasteiger partial charge in [-0.25, -0.2) is 9.97 Å². The Balaban J connectivity index is 1.000.